The Kier molecular flexibility index (Phi) is 5.25. The van der Waals surface area contributed by atoms with Gasteiger partial charge >= 0.3 is 5.69 Å². The molecule has 36 heavy (non-hydrogen) atoms. The molecule has 0 unspecified atom stereocenters. The van der Waals surface area contributed by atoms with Crippen molar-refractivity contribution in [2.24, 2.45) is 0 Å². The number of pyridine rings is 1. The lowest BCUT2D eigenvalue weighted by Gasteiger charge is -2.09. The predicted molar refractivity (Wildman–Crippen MR) is 135 cm³/mol. The number of imidazole rings is 2. The van der Waals surface area contributed by atoms with Crippen LogP contribution in [0.25, 0.3) is 28.2 Å². The van der Waals surface area contributed by atoms with Gasteiger partial charge in [0.1, 0.15) is 11.5 Å². The topological polar surface area (TPSA) is 116 Å². The quantitative estimate of drug-likeness (QED) is 0.394. The molecule has 0 aliphatic carbocycles. The van der Waals surface area contributed by atoms with Gasteiger partial charge in [-0.1, -0.05) is 30.3 Å². The van der Waals surface area contributed by atoms with Crippen LogP contribution in [0.15, 0.2) is 82.9 Å². The van der Waals surface area contributed by atoms with Crippen molar-refractivity contribution in [3.8, 4) is 11.4 Å². The monoisotopic (exact) mass is 478 g/mol. The number of aromatic amines is 1. The van der Waals surface area contributed by atoms with Crippen molar-refractivity contribution in [1.29, 1.82) is 0 Å². The van der Waals surface area contributed by atoms with Crippen molar-refractivity contribution < 1.29 is 0 Å². The van der Waals surface area contributed by atoms with E-state index in [1.54, 1.807) is 18.5 Å². The summed E-state index contributed by atoms with van der Waals surface area (Å²) in [5.74, 6) is 1.30. The first kappa shape index (κ1) is 21.7. The Labute approximate surface area is 204 Å². The van der Waals surface area contributed by atoms with Crippen LogP contribution in [0, 0.1) is 0 Å². The third-order valence-corrected chi connectivity index (χ3v) is 6.15. The first-order valence-corrected chi connectivity index (χ1v) is 11.6. The Balaban J connectivity index is 1.45. The fraction of sp³-hybridized carbons (Fsp3) is 0.154. The highest BCUT2D eigenvalue weighted by molar-refractivity contribution is 5.71. The molecular formula is C26H22N8O2. The summed E-state index contributed by atoms with van der Waals surface area (Å²) in [6.07, 6.45) is 7.71. The third kappa shape index (κ3) is 3.78. The standard InChI is InChI=1S/C26H22N8O2/c1-2-33-24-22(25(35)31-26(33)36)34(15-17-7-9-18(10-8-17)23-27-11-5-12-28-23)21(30-24)14-19-16-32-13-4-3-6-20(32)29-19/h3-13,16H,2,14-15H2,1H3,(H,31,35,36). The van der Waals surface area contributed by atoms with Gasteiger partial charge in [0.25, 0.3) is 5.56 Å². The Morgan fingerprint density at radius 3 is 2.47 bits per heavy atom. The molecule has 1 N–H and O–H groups in total. The van der Waals surface area contributed by atoms with Gasteiger partial charge in [0.15, 0.2) is 17.0 Å². The van der Waals surface area contributed by atoms with Gasteiger partial charge in [0.2, 0.25) is 0 Å². The SMILES string of the molecule is CCn1c(=O)[nH]c(=O)c2c1nc(Cc1cn3ccccc3n1)n2Cc1ccc(-c2ncccn2)cc1. The van der Waals surface area contributed by atoms with Crippen molar-refractivity contribution >= 4 is 16.8 Å². The minimum Gasteiger partial charge on any atom is -0.317 e. The molecule has 0 amide bonds. The highest BCUT2D eigenvalue weighted by atomic mass is 16.2. The molecule has 0 aliphatic rings. The summed E-state index contributed by atoms with van der Waals surface area (Å²) in [5, 5.41) is 0. The fourth-order valence-electron chi connectivity index (χ4n) is 4.44. The molecule has 0 radical (unpaired) electrons. The molecule has 0 fully saturated rings. The molecule has 0 aliphatic heterocycles. The van der Waals surface area contributed by atoms with E-state index in [1.165, 1.54) is 4.57 Å². The number of nitrogens with zero attached hydrogens (tertiary/aromatic N) is 7. The number of hydrogen-bond acceptors (Lipinski definition) is 6. The molecule has 0 saturated carbocycles. The van der Waals surface area contributed by atoms with E-state index in [4.69, 9.17) is 9.97 Å². The number of fused-ring (bicyclic) bond motifs is 2. The Hall–Kier alpha value is -4.86. The molecule has 5 aromatic heterocycles. The highest BCUT2D eigenvalue weighted by Crippen LogP contribution is 2.20. The normalized spacial score (nSPS) is 11.5. The van der Waals surface area contributed by atoms with E-state index >= 15 is 0 Å². The van der Waals surface area contributed by atoms with Gasteiger partial charge in [0.05, 0.1) is 5.69 Å². The van der Waals surface area contributed by atoms with Crippen LogP contribution in [0.5, 0.6) is 0 Å². The molecule has 178 valence electrons. The lowest BCUT2D eigenvalue weighted by atomic mass is 10.1. The molecule has 1 aromatic carbocycles. The zero-order valence-corrected chi connectivity index (χ0v) is 19.5. The predicted octanol–water partition coefficient (Wildman–Crippen LogP) is 2.65. The summed E-state index contributed by atoms with van der Waals surface area (Å²) >= 11 is 0. The van der Waals surface area contributed by atoms with Gasteiger partial charge in [-0.05, 0) is 30.7 Å². The third-order valence-electron chi connectivity index (χ3n) is 6.15. The maximum atomic E-state index is 13.0. The lowest BCUT2D eigenvalue weighted by molar-refractivity contribution is 0.717. The maximum absolute atomic E-state index is 13.0. The number of hydrogen-bond donors (Lipinski definition) is 1. The zero-order valence-electron chi connectivity index (χ0n) is 19.5. The molecule has 6 aromatic rings. The molecule has 0 spiro atoms. The van der Waals surface area contributed by atoms with Crippen molar-refractivity contribution in [3.05, 3.63) is 111 Å². The summed E-state index contributed by atoms with van der Waals surface area (Å²) in [6.45, 7) is 2.65. The van der Waals surface area contributed by atoms with E-state index in [0.717, 1.165) is 22.5 Å². The molecule has 10 nitrogen and oxygen atoms in total. The van der Waals surface area contributed by atoms with Crippen LogP contribution in [-0.4, -0.2) is 38.5 Å². The molecule has 0 saturated heterocycles. The highest BCUT2D eigenvalue weighted by Gasteiger charge is 2.19. The van der Waals surface area contributed by atoms with Crippen LogP contribution in [0.1, 0.15) is 24.0 Å². The van der Waals surface area contributed by atoms with Crippen LogP contribution in [0.2, 0.25) is 0 Å². The van der Waals surface area contributed by atoms with Crippen LogP contribution in [-0.2, 0) is 19.5 Å². The molecule has 0 atom stereocenters. The van der Waals surface area contributed by atoms with E-state index in [0.29, 0.717) is 42.3 Å². The molecule has 5 heterocycles. The Morgan fingerprint density at radius 1 is 0.917 bits per heavy atom. The van der Waals surface area contributed by atoms with E-state index in [1.807, 2.05) is 70.7 Å². The van der Waals surface area contributed by atoms with Gasteiger partial charge in [0, 0.05) is 49.9 Å². The largest absolute Gasteiger partial charge is 0.330 e. The van der Waals surface area contributed by atoms with Gasteiger partial charge < -0.3 is 8.97 Å². The molecule has 0 bridgehead atoms. The Morgan fingerprint density at radius 2 is 1.72 bits per heavy atom. The van der Waals surface area contributed by atoms with Crippen molar-refractivity contribution in [1.82, 2.24) is 38.5 Å². The van der Waals surface area contributed by atoms with Crippen LogP contribution in [0.4, 0.5) is 0 Å². The first-order chi connectivity index (χ1) is 17.6. The average Bonchev–Trinajstić information content (AvgIpc) is 3.46. The number of benzene rings is 1. The van der Waals surface area contributed by atoms with Gasteiger partial charge in [-0.25, -0.2) is 24.7 Å². The zero-order chi connectivity index (χ0) is 24.6. The average molecular weight is 479 g/mol. The van der Waals surface area contributed by atoms with Crippen molar-refractivity contribution in [2.75, 3.05) is 0 Å². The van der Waals surface area contributed by atoms with Gasteiger partial charge in [-0.2, -0.15) is 0 Å². The number of aryl methyl sites for hydroxylation is 1. The van der Waals surface area contributed by atoms with Crippen LogP contribution in [0.3, 0.4) is 0 Å². The van der Waals surface area contributed by atoms with Crippen molar-refractivity contribution in [3.63, 3.8) is 0 Å². The molecule has 10 heteroatoms. The number of rotatable bonds is 6. The van der Waals surface area contributed by atoms with Crippen LogP contribution >= 0.6 is 0 Å². The second-order valence-electron chi connectivity index (χ2n) is 8.43. The minimum atomic E-state index is -0.467. The maximum Gasteiger partial charge on any atom is 0.330 e. The second kappa shape index (κ2) is 8.73. The summed E-state index contributed by atoms with van der Waals surface area (Å²) < 4.78 is 5.30. The molecule has 6 rings (SSSR count). The molecular weight excluding hydrogens is 456 g/mol. The summed E-state index contributed by atoms with van der Waals surface area (Å²) in [7, 11) is 0. The summed E-state index contributed by atoms with van der Waals surface area (Å²) in [5.41, 5.74) is 3.34. The van der Waals surface area contributed by atoms with Crippen molar-refractivity contribution in [2.45, 2.75) is 26.4 Å². The number of aromatic nitrogens is 8. The fourth-order valence-corrected chi connectivity index (χ4v) is 4.44. The van der Waals surface area contributed by atoms with Crippen LogP contribution < -0.4 is 11.2 Å². The van der Waals surface area contributed by atoms with E-state index in [9.17, 15) is 9.59 Å². The van der Waals surface area contributed by atoms with E-state index in [-0.39, 0.29) is 0 Å². The number of nitrogens with one attached hydrogen (secondary N) is 1. The van der Waals surface area contributed by atoms with E-state index < -0.39 is 11.2 Å². The first-order valence-electron chi connectivity index (χ1n) is 11.6. The smallest absolute Gasteiger partial charge is 0.317 e. The minimum absolute atomic E-state index is 0.366. The van der Waals surface area contributed by atoms with Gasteiger partial charge in [-0.3, -0.25) is 14.3 Å². The second-order valence-corrected chi connectivity index (χ2v) is 8.43. The lowest BCUT2D eigenvalue weighted by Crippen LogP contribution is -2.30. The summed E-state index contributed by atoms with van der Waals surface area (Å²) in [6, 6.07) is 15.5. The Bertz CT molecular complexity index is 1780. The summed E-state index contributed by atoms with van der Waals surface area (Å²) in [4.78, 5) is 45.9. The number of H-pyrrole nitrogens is 1. The van der Waals surface area contributed by atoms with E-state index in [2.05, 4.69) is 15.0 Å². The van der Waals surface area contributed by atoms with Gasteiger partial charge in [-0.15, -0.1) is 0 Å².